The van der Waals surface area contributed by atoms with Gasteiger partial charge in [-0.15, -0.1) is 11.3 Å². The number of anilines is 1. The number of carbonyl (C=O) groups is 2. The fraction of sp³-hybridized carbons (Fsp3) is 0.182. The van der Waals surface area contributed by atoms with Crippen molar-refractivity contribution in [2.75, 3.05) is 5.32 Å². The molecule has 0 atom stereocenters. The fourth-order valence-corrected chi connectivity index (χ4v) is 1.97. The molecule has 0 saturated heterocycles. The molecule has 0 aliphatic carbocycles. The van der Waals surface area contributed by atoms with E-state index in [1.54, 1.807) is 6.20 Å². The summed E-state index contributed by atoms with van der Waals surface area (Å²) in [4.78, 5) is 27.1. The highest BCUT2D eigenvalue weighted by Gasteiger charge is 2.10. The Morgan fingerprint density at radius 2 is 2.26 bits per heavy atom. The molecule has 0 radical (unpaired) electrons. The molecule has 0 bridgehead atoms. The first-order valence-electron chi connectivity index (χ1n) is 5.34. The summed E-state index contributed by atoms with van der Waals surface area (Å²) in [5, 5.41) is 14.3. The number of nitrogens with zero attached hydrogens (tertiary/aromatic N) is 1. The first kappa shape index (κ1) is 13.1. The van der Waals surface area contributed by atoms with Gasteiger partial charge in [-0.2, -0.15) is 0 Å². The zero-order chi connectivity index (χ0) is 13.8. The molecule has 2 rings (SSSR count). The fourth-order valence-electron chi connectivity index (χ4n) is 1.31. The predicted molar refractivity (Wildman–Crippen MR) is 68.4 cm³/mol. The number of aromatic carboxylic acids is 1. The van der Waals surface area contributed by atoms with Gasteiger partial charge in [0.1, 0.15) is 5.76 Å². The molecule has 2 heterocycles. The van der Waals surface area contributed by atoms with Gasteiger partial charge in [-0.3, -0.25) is 5.32 Å². The van der Waals surface area contributed by atoms with Gasteiger partial charge in [0, 0.05) is 11.1 Å². The summed E-state index contributed by atoms with van der Waals surface area (Å²) in [5.41, 5.74) is 0. The van der Waals surface area contributed by atoms with Crippen LogP contribution in [0.25, 0.3) is 0 Å². The number of carbonyl (C=O) groups excluding carboxylic acids is 1. The zero-order valence-electron chi connectivity index (χ0n) is 9.97. The van der Waals surface area contributed by atoms with Crippen LogP contribution in [0, 0.1) is 6.92 Å². The minimum atomic E-state index is -1.14. The number of hydrogen-bond acceptors (Lipinski definition) is 5. The highest BCUT2D eigenvalue weighted by Crippen LogP contribution is 2.16. The van der Waals surface area contributed by atoms with Crippen LogP contribution in [0.5, 0.6) is 0 Å². The lowest BCUT2D eigenvalue weighted by Crippen LogP contribution is -2.27. The SMILES string of the molecule is Cc1cnc(NC(=O)NCc2ccc(C(=O)O)o2)s1. The van der Waals surface area contributed by atoms with Crippen molar-refractivity contribution < 1.29 is 19.1 Å². The van der Waals surface area contributed by atoms with E-state index in [2.05, 4.69) is 15.6 Å². The minimum absolute atomic E-state index is 0.101. The van der Waals surface area contributed by atoms with E-state index in [0.29, 0.717) is 10.9 Å². The van der Waals surface area contributed by atoms with E-state index in [-0.39, 0.29) is 12.3 Å². The molecule has 0 fully saturated rings. The number of aromatic nitrogens is 1. The normalized spacial score (nSPS) is 10.2. The molecule has 2 amide bonds. The molecule has 7 nitrogen and oxygen atoms in total. The Kier molecular flexibility index (Phi) is 3.81. The number of rotatable bonds is 4. The number of carboxylic acid groups (broad SMARTS) is 1. The third kappa shape index (κ3) is 3.55. The Morgan fingerprint density at radius 3 is 2.84 bits per heavy atom. The highest BCUT2D eigenvalue weighted by molar-refractivity contribution is 7.15. The second kappa shape index (κ2) is 5.53. The molecule has 3 N–H and O–H groups in total. The Balaban J connectivity index is 1.84. The Bertz CT molecular complexity index is 605. The van der Waals surface area contributed by atoms with E-state index in [4.69, 9.17) is 9.52 Å². The van der Waals surface area contributed by atoms with E-state index in [9.17, 15) is 9.59 Å². The molecular formula is C11H11N3O4S. The molecule has 2 aromatic rings. The van der Waals surface area contributed by atoms with E-state index >= 15 is 0 Å². The summed E-state index contributed by atoms with van der Waals surface area (Å²) >= 11 is 1.36. The first-order chi connectivity index (χ1) is 9.04. The lowest BCUT2D eigenvalue weighted by molar-refractivity contribution is 0.0660. The van der Waals surface area contributed by atoms with Crippen LogP contribution in [0.2, 0.25) is 0 Å². The molecule has 0 aliphatic heterocycles. The van der Waals surface area contributed by atoms with Gasteiger partial charge in [-0.25, -0.2) is 14.6 Å². The molecule has 19 heavy (non-hydrogen) atoms. The maximum Gasteiger partial charge on any atom is 0.371 e. The van der Waals surface area contributed by atoms with Gasteiger partial charge in [0.15, 0.2) is 5.13 Å². The Hall–Kier alpha value is -2.35. The van der Waals surface area contributed by atoms with Gasteiger partial charge in [-0.05, 0) is 19.1 Å². The highest BCUT2D eigenvalue weighted by atomic mass is 32.1. The number of furan rings is 1. The number of urea groups is 1. The van der Waals surface area contributed by atoms with Crippen LogP contribution >= 0.6 is 11.3 Å². The smallest absolute Gasteiger partial charge is 0.371 e. The van der Waals surface area contributed by atoms with Crippen LogP contribution in [-0.4, -0.2) is 22.1 Å². The van der Waals surface area contributed by atoms with Crippen LogP contribution in [0.15, 0.2) is 22.7 Å². The number of amides is 2. The van der Waals surface area contributed by atoms with E-state index < -0.39 is 12.0 Å². The second-order valence-electron chi connectivity index (χ2n) is 3.65. The van der Waals surface area contributed by atoms with Gasteiger partial charge in [0.05, 0.1) is 6.54 Å². The van der Waals surface area contributed by atoms with Crippen molar-refractivity contribution in [3.8, 4) is 0 Å². The summed E-state index contributed by atoms with van der Waals surface area (Å²) < 4.78 is 4.99. The van der Waals surface area contributed by atoms with Crippen molar-refractivity contribution >= 4 is 28.5 Å². The molecule has 8 heteroatoms. The number of aryl methyl sites for hydroxylation is 1. The molecular weight excluding hydrogens is 270 g/mol. The monoisotopic (exact) mass is 281 g/mol. The lowest BCUT2D eigenvalue weighted by atomic mass is 10.4. The second-order valence-corrected chi connectivity index (χ2v) is 4.89. The van der Waals surface area contributed by atoms with Gasteiger partial charge >= 0.3 is 12.0 Å². The lowest BCUT2D eigenvalue weighted by Gasteiger charge is -2.02. The summed E-state index contributed by atoms with van der Waals surface area (Å²) in [7, 11) is 0. The third-order valence-electron chi connectivity index (χ3n) is 2.14. The summed E-state index contributed by atoms with van der Waals surface area (Å²) in [5.74, 6) is -0.940. The van der Waals surface area contributed by atoms with Crippen LogP contribution in [-0.2, 0) is 6.54 Å². The van der Waals surface area contributed by atoms with E-state index in [0.717, 1.165) is 4.88 Å². The van der Waals surface area contributed by atoms with Gasteiger partial charge in [-0.1, -0.05) is 0 Å². The van der Waals surface area contributed by atoms with Gasteiger partial charge in [0.2, 0.25) is 5.76 Å². The maximum absolute atomic E-state index is 11.5. The largest absolute Gasteiger partial charge is 0.475 e. The van der Waals surface area contributed by atoms with Crippen LogP contribution < -0.4 is 10.6 Å². The Labute approximate surface area is 112 Å². The molecule has 0 spiro atoms. The zero-order valence-corrected chi connectivity index (χ0v) is 10.8. The van der Waals surface area contributed by atoms with Crippen molar-refractivity contribution in [1.29, 1.82) is 0 Å². The topological polar surface area (TPSA) is 104 Å². The van der Waals surface area contributed by atoms with Gasteiger partial charge < -0.3 is 14.8 Å². The summed E-state index contributed by atoms with van der Waals surface area (Å²) in [6.07, 6.45) is 1.66. The molecule has 0 aliphatic rings. The van der Waals surface area contributed by atoms with Crippen molar-refractivity contribution in [2.24, 2.45) is 0 Å². The quantitative estimate of drug-likeness (QED) is 0.795. The number of carboxylic acids is 1. The van der Waals surface area contributed by atoms with Crippen LogP contribution in [0.4, 0.5) is 9.93 Å². The predicted octanol–water partition coefficient (Wildman–Crippen LogP) is 2.06. The van der Waals surface area contributed by atoms with Crippen molar-refractivity contribution in [3.63, 3.8) is 0 Å². The van der Waals surface area contributed by atoms with Crippen LogP contribution in [0.1, 0.15) is 21.2 Å². The number of nitrogens with one attached hydrogen (secondary N) is 2. The van der Waals surface area contributed by atoms with E-state index in [1.807, 2.05) is 6.92 Å². The molecule has 2 aromatic heterocycles. The van der Waals surface area contributed by atoms with E-state index in [1.165, 1.54) is 23.5 Å². The standard InChI is InChI=1S/C11H11N3O4S/c1-6-4-13-11(19-6)14-10(17)12-5-7-2-3-8(18-7)9(15)16/h2-4H,5H2,1H3,(H,15,16)(H2,12,13,14,17). The molecule has 100 valence electrons. The molecule has 0 saturated carbocycles. The summed E-state index contributed by atoms with van der Waals surface area (Å²) in [6.45, 7) is 1.99. The Morgan fingerprint density at radius 1 is 1.47 bits per heavy atom. The van der Waals surface area contributed by atoms with Crippen molar-refractivity contribution in [1.82, 2.24) is 10.3 Å². The van der Waals surface area contributed by atoms with Crippen molar-refractivity contribution in [2.45, 2.75) is 13.5 Å². The van der Waals surface area contributed by atoms with Gasteiger partial charge in [0.25, 0.3) is 0 Å². The molecule has 0 unspecified atom stereocenters. The maximum atomic E-state index is 11.5. The first-order valence-corrected chi connectivity index (χ1v) is 6.15. The summed E-state index contributed by atoms with van der Waals surface area (Å²) in [6, 6.07) is 2.40. The van der Waals surface area contributed by atoms with Crippen molar-refractivity contribution in [3.05, 3.63) is 34.7 Å². The number of thiazole rings is 1. The molecule has 0 aromatic carbocycles. The number of hydrogen-bond donors (Lipinski definition) is 3. The minimum Gasteiger partial charge on any atom is -0.475 e. The average Bonchev–Trinajstić information content (AvgIpc) is 2.96. The third-order valence-corrected chi connectivity index (χ3v) is 2.97. The average molecular weight is 281 g/mol. The van der Waals surface area contributed by atoms with Crippen LogP contribution in [0.3, 0.4) is 0 Å².